The van der Waals surface area contributed by atoms with Crippen molar-refractivity contribution in [1.82, 2.24) is 0 Å². The van der Waals surface area contributed by atoms with Gasteiger partial charge >= 0.3 is 5.97 Å². The molecular weight excluding hydrogens is 354 g/mol. The number of para-hydroxylation sites is 2. The minimum absolute atomic E-state index is 0.183. The van der Waals surface area contributed by atoms with Crippen LogP contribution in [0.1, 0.15) is 24.5 Å². The Balaban J connectivity index is 1.78. The fourth-order valence-corrected chi connectivity index (χ4v) is 2.50. The monoisotopic (exact) mass is 375 g/mol. The number of hydrogen-bond acceptors (Lipinski definition) is 4. The summed E-state index contributed by atoms with van der Waals surface area (Å²) in [5, 5.41) is 3.35. The number of rotatable bonds is 8. The van der Waals surface area contributed by atoms with Gasteiger partial charge in [0, 0.05) is 11.4 Å². The summed E-state index contributed by atoms with van der Waals surface area (Å²) in [4.78, 5) is 23.8. The first kappa shape index (κ1) is 19.8. The number of nitrogens with one attached hydrogen (secondary N) is 1. The molecule has 0 bridgehead atoms. The largest absolute Gasteiger partial charge is 0.492 e. The van der Waals surface area contributed by atoms with E-state index in [-0.39, 0.29) is 13.0 Å². The molecule has 5 nitrogen and oxygen atoms in total. The molecule has 6 heteroatoms. The number of amides is 1. The molecule has 2 rings (SSSR count). The normalized spacial score (nSPS) is 10.3. The highest BCUT2D eigenvalue weighted by Crippen LogP contribution is 2.23. The number of ether oxygens (including phenoxy) is 2. The predicted molar refractivity (Wildman–Crippen MR) is 102 cm³/mol. The molecule has 2 aromatic rings. The van der Waals surface area contributed by atoms with Crippen LogP contribution in [0.5, 0.6) is 5.75 Å². The number of anilines is 1. The Morgan fingerprint density at radius 1 is 1.15 bits per heavy atom. The van der Waals surface area contributed by atoms with Gasteiger partial charge in [-0.25, -0.2) is 0 Å². The van der Waals surface area contributed by atoms with Crippen LogP contribution in [0.15, 0.2) is 42.5 Å². The number of benzene rings is 2. The van der Waals surface area contributed by atoms with E-state index in [1.165, 1.54) is 0 Å². The minimum atomic E-state index is -0.435. The zero-order chi connectivity index (χ0) is 18.9. The lowest BCUT2D eigenvalue weighted by Crippen LogP contribution is -2.21. The molecule has 0 heterocycles. The molecule has 0 atom stereocenters. The molecule has 0 aliphatic heterocycles. The molecular formula is C20H22ClNO4. The van der Waals surface area contributed by atoms with E-state index < -0.39 is 11.9 Å². The standard InChI is InChI=1S/C20H22ClNO4/c1-3-25-18-7-5-4-6-17(18)22-19(23)13-26-20(24)11-10-15-9-8-14(2)16(21)12-15/h4-9,12H,3,10-11,13H2,1-2H3,(H,22,23). The van der Waals surface area contributed by atoms with Crippen LogP contribution in [-0.4, -0.2) is 25.1 Å². The fourth-order valence-electron chi connectivity index (χ4n) is 2.29. The Hall–Kier alpha value is -2.53. The maximum atomic E-state index is 12.0. The maximum Gasteiger partial charge on any atom is 0.306 e. The third-order valence-electron chi connectivity index (χ3n) is 3.68. The summed E-state index contributed by atoms with van der Waals surface area (Å²) in [7, 11) is 0. The lowest BCUT2D eigenvalue weighted by Gasteiger charge is -2.11. The summed E-state index contributed by atoms with van der Waals surface area (Å²) in [6, 6.07) is 12.8. The third kappa shape index (κ3) is 6.08. The number of halogens is 1. The van der Waals surface area contributed by atoms with Gasteiger partial charge in [-0.05, 0) is 49.6 Å². The van der Waals surface area contributed by atoms with E-state index in [1.54, 1.807) is 18.2 Å². The van der Waals surface area contributed by atoms with Gasteiger partial charge in [0.2, 0.25) is 0 Å². The third-order valence-corrected chi connectivity index (χ3v) is 4.09. The summed E-state index contributed by atoms with van der Waals surface area (Å²) in [5.41, 5.74) is 2.49. The molecule has 1 N–H and O–H groups in total. The first-order valence-corrected chi connectivity index (χ1v) is 8.79. The van der Waals surface area contributed by atoms with Crippen molar-refractivity contribution >= 4 is 29.2 Å². The van der Waals surface area contributed by atoms with E-state index in [0.717, 1.165) is 11.1 Å². The molecule has 138 valence electrons. The minimum Gasteiger partial charge on any atom is -0.492 e. The highest BCUT2D eigenvalue weighted by molar-refractivity contribution is 6.31. The average molecular weight is 376 g/mol. The van der Waals surface area contributed by atoms with E-state index in [4.69, 9.17) is 21.1 Å². The average Bonchev–Trinajstić information content (AvgIpc) is 2.63. The highest BCUT2D eigenvalue weighted by Gasteiger charge is 2.11. The number of hydrogen-bond donors (Lipinski definition) is 1. The van der Waals surface area contributed by atoms with E-state index in [0.29, 0.717) is 29.5 Å². The highest BCUT2D eigenvalue weighted by atomic mass is 35.5. The topological polar surface area (TPSA) is 64.6 Å². The van der Waals surface area contributed by atoms with Crippen molar-refractivity contribution in [1.29, 1.82) is 0 Å². The van der Waals surface area contributed by atoms with Crippen LogP contribution in [0, 0.1) is 6.92 Å². The van der Waals surface area contributed by atoms with Crippen molar-refractivity contribution in [2.24, 2.45) is 0 Å². The van der Waals surface area contributed by atoms with Gasteiger partial charge in [0.1, 0.15) is 5.75 Å². The van der Waals surface area contributed by atoms with Crippen LogP contribution in [-0.2, 0) is 20.7 Å². The molecule has 0 aliphatic rings. The van der Waals surface area contributed by atoms with Gasteiger partial charge in [0.25, 0.3) is 5.91 Å². The van der Waals surface area contributed by atoms with Gasteiger partial charge in [0.15, 0.2) is 6.61 Å². The Labute approximate surface area is 158 Å². The predicted octanol–water partition coefficient (Wildman–Crippen LogP) is 4.16. The smallest absolute Gasteiger partial charge is 0.306 e. The number of carbonyl (C=O) groups excluding carboxylic acids is 2. The van der Waals surface area contributed by atoms with Gasteiger partial charge in [-0.1, -0.05) is 35.9 Å². The van der Waals surface area contributed by atoms with Crippen LogP contribution >= 0.6 is 11.6 Å². The summed E-state index contributed by atoms with van der Waals surface area (Å²) >= 11 is 6.06. The zero-order valence-electron chi connectivity index (χ0n) is 14.9. The molecule has 0 spiro atoms. The second-order valence-corrected chi connectivity index (χ2v) is 6.13. The van der Waals surface area contributed by atoms with Gasteiger partial charge in [-0.2, -0.15) is 0 Å². The van der Waals surface area contributed by atoms with E-state index in [2.05, 4.69) is 5.32 Å². The quantitative estimate of drug-likeness (QED) is 0.703. The van der Waals surface area contributed by atoms with Crippen molar-refractivity contribution in [3.63, 3.8) is 0 Å². The number of esters is 1. The molecule has 2 aromatic carbocycles. The van der Waals surface area contributed by atoms with Crippen LogP contribution < -0.4 is 10.1 Å². The van der Waals surface area contributed by atoms with Crippen molar-refractivity contribution in [3.8, 4) is 5.75 Å². The lowest BCUT2D eigenvalue weighted by atomic mass is 10.1. The number of aryl methyl sites for hydroxylation is 2. The molecule has 0 saturated heterocycles. The number of carbonyl (C=O) groups is 2. The molecule has 26 heavy (non-hydrogen) atoms. The Kier molecular flexibility index (Phi) is 7.48. The second-order valence-electron chi connectivity index (χ2n) is 5.72. The van der Waals surface area contributed by atoms with Gasteiger partial charge in [0.05, 0.1) is 12.3 Å². The Morgan fingerprint density at radius 3 is 2.65 bits per heavy atom. The van der Waals surface area contributed by atoms with E-state index in [1.807, 2.05) is 38.1 Å². The molecule has 1 amide bonds. The summed E-state index contributed by atoms with van der Waals surface area (Å²) in [6.07, 6.45) is 0.690. The van der Waals surface area contributed by atoms with Crippen LogP contribution in [0.3, 0.4) is 0 Å². The first-order valence-electron chi connectivity index (χ1n) is 8.42. The van der Waals surface area contributed by atoms with Crippen LogP contribution in [0.2, 0.25) is 5.02 Å². The van der Waals surface area contributed by atoms with Gasteiger partial charge in [-0.15, -0.1) is 0 Å². The molecule has 0 aromatic heterocycles. The zero-order valence-corrected chi connectivity index (χ0v) is 15.6. The molecule has 0 radical (unpaired) electrons. The lowest BCUT2D eigenvalue weighted by molar-refractivity contribution is -0.147. The van der Waals surface area contributed by atoms with E-state index in [9.17, 15) is 9.59 Å². The van der Waals surface area contributed by atoms with E-state index >= 15 is 0 Å². The van der Waals surface area contributed by atoms with Crippen molar-refractivity contribution in [2.75, 3.05) is 18.5 Å². The van der Waals surface area contributed by atoms with Crippen LogP contribution in [0.25, 0.3) is 0 Å². The molecule has 0 unspecified atom stereocenters. The van der Waals surface area contributed by atoms with Crippen LogP contribution in [0.4, 0.5) is 5.69 Å². The molecule has 0 aliphatic carbocycles. The SMILES string of the molecule is CCOc1ccccc1NC(=O)COC(=O)CCc1ccc(C)c(Cl)c1. The molecule has 0 fully saturated rings. The first-order chi connectivity index (χ1) is 12.5. The molecule has 0 saturated carbocycles. The summed E-state index contributed by atoms with van der Waals surface area (Å²) in [6.45, 7) is 3.93. The summed E-state index contributed by atoms with van der Waals surface area (Å²) < 4.78 is 10.5. The Morgan fingerprint density at radius 2 is 1.92 bits per heavy atom. The van der Waals surface area contributed by atoms with Crippen molar-refractivity contribution < 1.29 is 19.1 Å². The Bertz CT molecular complexity index is 776. The fraction of sp³-hybridized carbons (Fsp3) is 0.300. The van der Waals surface area contributed by atoms with Gasteiger partial charge < -0.3 is 14.8 Å². The van der Waals surface area contributed by atoms with Crippen molar-refractivity contribution in [2.45, 2.75) is 26.7 Å². The summed E-state index contributed by atoms with van der Waals surface area (Å²) in [5.74, 6) is -0.273. The van der Waals surface area contributed by atoms with Crippen molar-refractivity contribution in [3.05, 3.63) is 58.6 Å². The second kappa shape index (κ2) is 9.82. The maximum absolute atomic E-state index is 12.0. The van der Waals surface area contributed by atoms with Gasteiger partial charge in [-0.3, -0.25) is 9.59 Å².